The summed E-state index contributed by atoms with van der Waals surface area (Å²) in [4.78, 5) is 26.9. The van der Waals surface area contributed by atoms with Gasteiger partial charge in [-0.05, 0) is 32.4 Å². The van der Waals surface area contributed by atoms with Crippen molar-refractivity contribution in [1.82, 2.24) is 10.3 Å². The Morgan fingerprint density at radius 1 is 1.47 bits per heavy atom. The van der Waals surface area contributed by atoms with Crippen molar-refractivity contribution in [3.05, 3.63) is 29.1 Å². The van der Waals surface area contributed by atoms with E-state index in [-0.39, 0.29) is 29.3 Å². The fourth-order valence-electron chi connectivity index (χ4n) is 2.08. The maximum absolute atomic E-state index is 12.0. The Morgan fingerprint density at radius 2 is 2.21 bits per heavy atom. The molecule has 0 spiro atoms. The van der Waals surface area contributed by atoms with Crippen molar-refractivity contribution in [2.45, 2.75) is 32.4 Å². The molecule has 2 heterocycles. The molecule has 0 saturated carbocycles. The topological polar surface area (TPSA) is 88.5 Å². The van der Waals surface area contributed by atoms with E-state index in [1.54, 1.807) is 6.92 Å². The molecule has 2 atom stereocenters. The number of hydrogen-bond donors (Lipinski definition) is 2. The zero-order valence-corrected chi connectivity index (χ0v) is 10.8. The Morgan fingerprint density at radius 3 is 2.74 bits per heavy atom. The largest absolute Gasteiger partial charge is 0.478 e. The maximum atomic E-state index is 12.0. The van der Waals surface area contributed by atoms with Crippen LogP contribution in [0.15, 0.2) is 12.1 Å². The fourth-order valence-corrected chi connectivity index (χ4v) is 2.08. The average Bonchev–Trinajstić information content (AvgIpc) is 2.74. The molecular weight excluding hydrogens is 248 g/mol. The van der Waals surface area contributed by atoms with Gasteiger partial charge in [0.15, 0.2) is 0 Å². The molecule has 2 unspecified atom stereocenters. The molecule has 2 N–H and O–H groups in total. The molecule has 6 nitrogen and oxygen atoms in total. The van der Waals surface area contributed by atoms with Gasteiger partial charge in [-0.3, -0.25) is 4.79 Å². The minimum atomic E-state index is -1.05. The quantitative estimate of drug-likeness (QED) is 0.850. The number of aromatic carboxylic acids is 1. The molecule has 0 aliphatic carbocycles. The number of amides is 1. The van der Waals surface area contributed by atoms with Crippen LogP contribution < -0.4 is 5.32 Å². The fraction of sp³-hybridized carbons (Fsp3) is 0.462. The van der Waals surface area contributed by atoms with Gasteiger partial charge in [0.05, 0.1) is 23.4 Å². The van der Waals surface area contributed by atoms with Crippen LogP contribution in [0.25, 0.3) is 0 Å². The van der Waals surface area contributed by atoms with Crippen molar-refractivity contribution in [3.8, 4) is 0 Å². The first kappa shape index (κ1) is 13.5. The summed E-state index contributed by atoms with van der Waals surface area (Å²) >= 11 is 0. The third-order valence-corrected chi connectivity index (χ3v) is 3.24. The van der Waals surface area contributed by atoms with E-state index in [1.165, 1.54) is 12.1 Å². The number of aromatic nitrogens is 1. The summed E-state index contributed by atoms with van der Waals surface area (Å²) in [5, 5.41) is 11.7. The smallest absolute Gasteiger partial charge is 0.337 e. The number of pyridine rings is 1. The number of aryl methyl sites for hydroxylation is 1. The van der Waals surface area contributed by atoms with Gasteiger partial charge in [0.2, 0.25) is 0 Å². The molecule has 1 aliphatic rings. The van der Waals surface area contributed by atoms with Crippen LogP contribution in [0, 0.1) is 6.92 Å². The monoisotopic (exact) mass is 264 g/mol. The summed E-state index contributed by atoms with van der Waals surface area (Å²) in [6, 6.07) is 2.80. The highest BCUT2D eigenvalue weighted by molar-refractivity contribution is 5.94. The van der Waals surface area contributed by atoms with Gasteiger partial charge in [0, 0.05) is 6.61 Å². The molecule has 2 rings (SSSR count). The molecule has 1 aromatic rings. The van der Waals surface area contributed by atoms with E-state index in [1.807, 2.05) is 6.92 Å². The number of carbonyl (C=O) groups is 2. The van der Waals surface area contributed by atoms with E-state index in [4.69, 9.17) is 9.84 Å². The lowest BCUT2D eigenvalue weighted by atomic mass is 10.1. The standard InChI is InChI=1S/C13H16N2O4/c1-7-9(13(17)18)3-4-11(14-7)12(16)15-10-5-6-19-8(10)2/h3-4,8,10H,5-6H2,1-2H3,(H,15,16)(H,17,18). The van der Waals surface area contributed by atoms with Gasteiger partial charge >= 0.3 is 5.97 Å². The normalized spacial score (nSPS) is 22.2. The number of carbonyl (C=O) groups excluding carboxylic acids is 1. The SMILES string of the molecule is Cc1nc(C(=O)NC2CCOC2C)ccc1C(=O)O. The maximum Gasteiger partial charge on any atom is 0.337 e. The molecule has 1 aromatic heterocycles. The molecule has 19 heavy (non-hydrogen) atoms. The van der Waals surface area contributed by atoms with Gasteiger partial charge in [-0.15, -0.1) is 0 Å². The molecular formula is C13H16N2O4. The molecule has 6 heteroatoms. The van der Waals surface area contributed by atoms with E-state index >= 15 is 0 Å². The predicted octanol–water partition coefficient (Wildman–Crippen LogP) is 0.995. The van der Waals surface area contributed by atoms with Crippen LogP contribution in [0.1, 0.15) is 39.9 Å². The van der Waals surface area contributed by atoms with Crippen molar-refractivity contribution in [3.63, 3.8) is 0 Å². The highest BCUT2D eigenvalue weighted by atomic mass is 16.5. The summed E-state index contributed by atoms with van der Waals surface area (Å²) in [6.45, 7) is 4.11. The zero-order valence-electron chi connectivity index (χ0n) is 10.8. The Bertz CT molecular complexity index is 515. The predicted molar refractivity (Wildman–Crippen MR) is 67.2 cm³/mol. The van der Waals surface area contributed by atoms with Crippen molar-refractivity contribution in [2.24, 2.45) is 0 Å². The van der Waals surface area contributed by atoms with Crippen molar-refractivity contribution < 1.29 is 19.4 Å². The molecule has 0 bridgehead atoms. The third-order valence-electron chi connectivity index (χ3n) is 3.24. The summed E-state index contributed by atoms with van der Waals surface area (Å²) in [5.41, 5.74) is 0.659. The Hall–Kier alpha value is -1.95. The van der Waals surface area contributed by atoms with Gasteiger partial charge in [-0.25, -0.2) is 9.78 Å². The molecule has 0 radical (unpaired) electrons. The first-order valence-electron chi connectivity index (χ1n) is 6.12. The number of hydrogen-bond acceptors (Lipinski definition) is 4. The molecule has 1 fully saturated rings. The highest BCUT2D eigenvalue weighted by Gasteiger charge is 2.26. The number of nitrogens with zero attached hydrogens (tertiary/aromatic N) is 1. The average molecular weight is 264 g/mol. The third kappa shape index (κ3) is 2.90. The number of carboxylic acids is 1. The van der Waals surface area contributed by atoms with Gasteiger partial charge < -0.3 is 15.2 Å². The Balaban J connectivity index is 2.11. The molecule has 1 saturated heterocycles. The lowest BCUT2D eigenvalue weighted by Gasteiger charge is -2.15. The van der Waals surface area contributed by atoms with E-state index in [0.29, 0.717) is 12.3 Å². The minimum absolute atomic E-state index is 0.0108. The van der Waals surface area contributed by atoms with Crippen molar-refractivity contribution in [1.29, 1.82) is 0 Å². The molecule has 0 aromatic carbocycles. The van der Waals surface area contributed by atoms with Gasteiger partial charge in [0.1, 0.15) is 5.69 Å². The van der Waals surface area contributed by atoms with Crippen molar-refractivity contribution in [2.75, 3.05) is 6.61 Å². The van der Waals surface area contributed by atoms with Crippen LogP contribution in [-0.4, -0.2) is 40.7 Å². The summed E-state index contributed by atoms with van der Waals surface area (Å²) in [7, 11) is 0. The van der Waals surface area contributed by atoms with E-state index < -0.39 is 5.97 Å². The first-order chi connectivity index (χ1) is 8.99. The zero-order chi connectivity index (χ0) is 14.0. The van der Waals surface area contributed by atoms with Crippen LogP contribution >= 0.6 is 0 Å². The highest BCUT2D eigenvalue weighted by Crippen LogP contribution is 2.13. The second-order valence-corrected chi connectivity index (χ2v) is 4.58. The summed E-state index contributed by atoms with van der Waals surface area (Å²) in [5.74, 6) is -1.35. The summed E-state index contributed by atoms with van der Waals surface area (Å²) in [6.07, 6.45) is 0.766. The van der Waals surface area contributed by atoms with E-state index in [2.05, 4.69) is 10.3 Å². The lowest BCUT2D eigenvalue weighted by Crippen LogP contribution is -2.39. The molecule has 1 aliphatic heterocycles. The van der Waals surface area contributed by atoms with Crippen LogP contribution in [-0.2, 0) is 4.74 Å². The Kier molecular flexibility index (Phi) is 3.80. The Labute approximate surface area is 110 Å². The van der Waals surface area contributed by atoms with E-state index in [0.717, 1.165) is 6.42 Å². The molecule has 1 amide bonds. The summed E-state index contributed by atoms with van der Waals surface area (Å²) < 4.78 is 5.36. The van der Waals surface area contributed by atoms with Crippen LogP contribution in [0.4, 0.5) is 0 Å². The number of carboxylic acid groups (broad SMARTS) is 1. The van der Waals surface area contributed by atoms with Crippen molar-refractivity contribution >= 4 is 11.9 Å². The minimum Gasteiger partial charge on any atom is -0.478 e. The number of ether oxygens (including phenoxy) is 1. The first-order valence-corrected chi connectivity index (χ1v) is 6.12. The van der Waals surface area contributed by atoms with Crippen LogP contribution in [0.5, 0.6) is 0 Å². The molecule has 102 valence electrons. The van der Waals surface area contributed by atoms with Gasteiger partial charge in [-0.2, -0.15) is 0 Å². The second kappa shape index (κ2) is 5.36. The van der Waals surface area contributed by atoms with Crippen LogP contribution in [0.2, 0.25) is 0 Å². The lowest BCUT2D eigenvalue weighted by molar-refractivity contribution is 0.0694. The van der Waals surface area contributed by atoms with Gasteiger partial charge in [-0.1, -0.05) is 0 Å². The number of nitrogens with one attached hydrogen (secondary N) is 1. The number of rotatable bonds is 3. The second-order valence-electron chi connectivity index (χ2n) is 4.58. The van der Waals surface area contributed by atoms with Crippen LogP contribution in [0.3, 0.4) is 0 Å². The van der Waals surface area contributed by atoms with Gasteiger partial charge in [0.25, 0.3) is 5.91 Å². The van der Waals surface area contributed by atoms with E-state index in [9.17, 15) is 9.59 Å².